The second-order valence-electron chi connectivity index (χ2n) is 9.85. The number of alkyl halides is 3. The van der Waals surface area contributed by atoms with Crippen molar-refractivity contribution in [1.82, 2.24) is 19.7 Å². The minimum atomic E-state index is -4.17. The number of hydrogen-bond donors (Lipinski definition) is 2. The summed E-state index contributed by atoms with van der Waals surface area (Å²) in [5, 5.41) is 13.7. The number of nitrogens with zero attached hydrogens (tertiary/aromatic N) is 4. The fraction of sp³-hybridized carbons (Fsp3) is 0.276. The van der Waals surface area contributed by atoms with Gasteiger partial charge in [0.25, 0.3) is 0 Å². The molecule has 214 valence electrons. The number of aromatic carboxylic acids is 1. The first kappa shape index (κ1) is 28.4. The number of piperidine rings is 1. The number of carbonyl (C=O) groups is 1. The monoisotopic (exact) mass is 585 g/mol. The lowest BCUT2D eigenvalue weighted by atomic mass is 9.89. The third-order valence-corrected chi connectivity index (χ3v) is 7.35. The summed E-state index contributed by atoms with van der Waals surface area (Å²) < 4.78 is 45.4. The van der Waals surface area contributed by atoms with E-state index in [0.717, 1.165) is 11.1 Å². The minimum Gasteiger partial charge on any atom is -0.487 e. The van der Waals surface area contributed by atoms with Gasteiger partial charge in [-0.15, -0.1) is 0 Å². The Hall–Kier alpha value is -4.09. The molecule has 0 radical (unpaired) electrons. The number of carboxylic acid groups (broad SMARTS) is 1. The molecule has 3 N–H and O–H groups in total. The number of aromatic nitrogens is 3. The van der Waals surface area contributed by atoms with E-state index in [9.17, 15) is 23.1 Å². The van der Waals surface area contributed by atoms with Crippen molar-refractivity contribution in [2.45, 2.75) is 31.5 Å². The number of para-hydroxylation sites is 1. The maximum Gasteiger partial charge on any atom is 0.401 e. The number of halogens is 4. The average Bonchev–Trinajstić information content (AvgIpc) is 3.34. The molecule has 1 aliphatic heterocycles. The summed E-state index contributed by atoms with van der Waals surface area (Å²) in [5.74, 6) is -0.244. The van der Waals surface area contributed by atoms with Gasteiger partial charge >= 0.3 is 12.1 Å². The summed E-state index contributed by atoms with van der Waals surface area (Å²) in [5.41, 5.74) is 9.01. The average molecular weight is 586 g/mol. The zero-order valence-corrected chi connectivity index (χ0v) is 22.6. The van der Waals surface area contributed by atoms with Crippen LogP contribution in [-0.4, -0.2) is 56.6 Å². The van der Waals surface area contributed by atoms with Crippen LogP contribution in [0.2, 0.25) is 5.02 Å². The number of hydrogen-bond acceptors (Lipinski definition) is 6. The molecule has 1 fully saturated rings. The fourth-order valence-corrected chi connectivity index (χ4v) is 5.20. The Balaban J connectivity index is 1.28. The lowest BCUT2D eigenvalue weighted by Crippen LogP contribution is -2.39. The normalized spacial score (nSPS) is 14.7. The van der Waals surface area contributed by atoms with Crippen LogP contribution in [0.15, 0.2) is 66.9 Å². The highest BCUT2D eigenvalue weighted by atomic mass is 35.5. The Morgan fingerprint density at radius 2 is 1.78 bits per heavy atom. The van der Waals surface area contributed by atoms with Crippen LogP contribution in [-0.2, 0) is 6.61 Å². The number of benzene rings is 2. The molecule has 0 bridgehead atoms. The van der Waals surface area contributed by atoms with Crippen LogP contribution in [0, 0.1) is 0 Å². The highest BCUT2D eigenvalue weighted by Crippen LogP contribution is 2.37. The number of nitrogens with two attached hydrogens (primary N) is 1. The molecule has 2 aromatic carbocycles. The molecule has 4 aromatic rings. The molecular weight excluding hydrogens is 559 g/mol. The van der Waals surface area contributed by atoms with E-state index >= 15 is 0 Å². The van der Waals surface area contributed by atoms with E-state index < -0.39 is 18.7 Å². The quantitative estimate of drug-likeness (QED) is 0.254. The molecule has 1 aliphatic rings. The first-order chi connectivity index (χ1) is 19.6. The van der Waals surface area contributed by atoms with Crippen LogP contribution < -0.4 is 10.5 Å². The summed E-state index contributed by atoms with van der Waals surface area (Å²) in [7, 11) is 0. The van der Waals surface area contributed by atoms with Crippen molar-refractivity contribution < 1.29 is 27.8 Å². The van der Waals surface area contributed by atoms with E-state index in [-0.39, 0.29) is 23.9 Å². The van der Waals surface area contributed by atoms with Gasteiger partial charge in [-0.05, 0) is 67.2 Å². The highest BCUT2D eigenvalue weighted by molar-refractivity contribution is 6.32. The molecule has 0 aliphatic carbocycles. The van der Waals surface area contributed by atoms with Crippen molar-refractivity contribution in [3.8, 4) is 22.8 Å². The zero-order valence-electron chi connectivity index (χ0n) is 21.8. The number of anilines is 1. The molecule has 0 unspecified atom stereocenters. The second-order valence-corrected chi connectivity index (χ2v) is 10.3. The van der Waals surface area contributed by atoms with Gasteiger partial charge in [-0.2, -0.15) is 23.0 Å². The topological polar surface area (TPSA) is 107 Å². The summed E-state index contributed by atoms with van der Waals surface area (Å²) in [6.07, 6.45) is -1.64. The third kappa shape index (κ3) is 6.63. The first-order valence-corrected chi connectivity index (χ1v) is 13.3. The van der Waals surface area contributed by atoms with E-state index in [4.69, 9.17) is 22.1 Å². The van der Waals surface area contributed by atoms with Crippen molar-refractivity contribution in [1.29, 1.82) is 0 Å². The fourth-order valence-electron chi connectivity index (χ4n) is 4.97. The minimum absolute atomic E-state index is 0.0416. The Labute approximate surface area is 239 Å². The SMILES string of the molecule is Nc1c(C(=O)O)cnn1-c1cccc(-c2cccc(Cl)c2OCc2ccc(C3CCN(CC(F)(F)F)CC3)cc2)n1. The van der Waals surface area contributed by atoms with E-state index in [1.165, 1.54) is 15.8 Å². The van der Waals surface area contributed by atoms with Crippen molar-refractivity contribution in [3.05, 3.63) is 88.6 Å². The van der Waals surface area contributed by atoms with Crippen molar-refractivity contribution >= 4 is 23.4 Å². The Kier molecular flexibility index (Phi) is 8.18. The summed E-state index contributed by atoms with van der Waals surface area (Å²) >= 11 is 6.51. The summed E-state index contributed by atoms with van der Waals surface area (Å²) in [4.78, 5) is 17.4. The lowest BCUT2D eigenvalue weighted by Gasteiger charge is -2.32. The first-order valence-electron chi connectivity index (χ1n) is 12.9. The molecule has 8 nitrogen and oxygen atoms in total. The number of ether oxygens (including phenoxy) is 1. The van der Waals surface area contributed by atoms with E-state index in [0.29, 0.717) is 53.8 Å². The number of rotatable bonds is 8. The molecule has 0 atom stereocenters. The van der Waals surface area contributed by atoms with Gasteiger partial charge in [0.05, 0.1) is 23.5 Å². The molecule has 1 saturated heterocycles. The zero-order chi connectivity index (χ0) is 29.1. The molecular formula is C29H27ClF3N5O3. The van der Waals surface area contributed by atoms with Crippen molar-refractivity contribution in [2.24, 2.45) is 0 Å². The van der Waals surface area contributed by atoms with E-state index in [1.54, 1.807) is 30.3 Å². The molecule has 5 rings (SSSR count). The summed E-state index contributed by atoms with van der Waals surface area (Å²) in [6, 6.07) is 18.4. The molecule has 0 amide bonds. The largest absolute Gasteiger partial charge is 0.487 e. The molecule has 41 heavy (non-hydrogen) atoms. The second kappa shape index (κ2) is 11.8. The van der Waals surface area contributed by atoms with Crippen LogP contribution in [0.5, 0.6) is 5.75 Å². The van der Waals surface area contributed by atoms with Gasteiger partial charge in [0.2, 0.25) is 0 Å². The molecule has 0 saturated carbocycles. The molecule has 3 heterocycles. The van der Waals surface area contributed by atoms with Gasteiger partial charge in [-0.1, -0.05) is 48.0 Å². The molecule has 12 heteroatoms. The Bertz CT molecular complexity index is 1530. The Morgan fingerprint density at radius 1 is 1.07 bits per heavy atom. The van der Waals surface area contributed by atoms with Gasteiger partial charge in [-0.25, -0.2) is 9.78 Å². The number of likely N-dealkylation sites (tertiary alicyclic amines) is 1. The van der Waals surface area contributed by atoms with Crippen LogP contribution in [0.1, 0.15) is 40.2 Å². The standard InChI is InChI=1S/C29H27ClF3N5O3/c30-23-4-1-3-21(24-5-2-6-25(36-24)38-27(34)22(15-35-38)28(39)40)26(23)41-16-18-7-9-19(10-8-18)20-11-13-37(14-12-20)17-29(31,32)33/h1-10,15,20H,11-14,16-17,34H2,(H,39,40). The highest BCUT2D eigenvalue weighted by Gasteiger charge is 2.32. The number of carboxylic acids is 1. The van der Waals surface area contributed by atoms with Crippen molar-refractivity contribution in [2.75, 3.05) is 25.4 Å². The maximum atomic E-state index is 12.7. The van der Waals surface area contributed by atoms with Gasteiger partial charge in [0, 0.05) is 5.56 Å². The lowest BCUT2D eigenvalue weighted by molar-refractivity contribution is -0.147. The number of pyridine rings is 1. The van der Waals surface area contributed by atoms with Crippen LogP contribution in [0.3, 0.4) is 0 Å². The number of nitrogen functional groups attached to an aromatic ring is 1. The predicted octanol–water partition coefficient (Wildman–Crippen LogP) is 6.19. The molecule has 0 spiro atoms. The van der Waals surface area contributed by atoms with Crippen molar-refractivity contribution in [3.63, 3.8) is 0 Å². The maximum absolute atomic E-state index is 12.7. The van der Waals surface area contributed by atoms with Crippen LogP contribution in [0.4, 0.5) is 19.0 Å². The van der Waals surface area contributed by atoms with Gasteiger partial charge in [0.15, 0.2) is 5.82 Å². The van der Waals surface area contributed by atoms with Gasteiger partial charge in [0.1, 0.15) is 23.7 Å². The van der Waals surface area contributed by atoms with Gasteiger partial charge in [-0.3, -0.25) is 4.90 Å². The third-order valence-electron chi connectivity index (χ3n) is 7.06. The van der Waals surface area contributed by atoms with Crippen LogP contribution >= 0.6 is 11.6 Å². The van der Waals surface area contributed by atoms with Crippen LogP contribution in [0.25, 0.3) is 17.1 Å². The summed E-state index contributed by atoms with van der Waals surface area (Å²) in [6.45, 7) is 0.220. The predicted molar refractivity (Wildman–Crippen MR) is 148 cm³/mol. The van der Waals surface area contributed by atoms with E-state index in [1.807, 2.05) is 30.3 Å². The van der Waals surface area contributed by atoms with Gasteiger partial charge < -0.3 is 15.6 Å². The molecule has 2 aromatic heterocycles. The Morgan fingerprint density at radius 3 is 2.44 bits per heavy atom. The smallest absolute Gasteiger partial charge is 0.401 e. The van der Waals surface area contributed by atoms with E-state index in [2.05, 4.69) is 10.1 Å².